The van der Waals surface area contributed by atoms with E-state index in [0.29, 0.717) is 5.56 Å². The minimum absolute atomic E-state index is 0.261. The molecule has 0 aromatic heterocycles. The topological polar surface area (TPSA) is 26.3 Å². The molecule has 0 aliphatic rings. The Kier molecular flexibility index (Phi) is 4.45. The predicted molar refractivity (Wildman–Crippen MR) is 72.0 cm³/mol. The number of aryl methyl sites for hydroxylation is 1. The molecule has 2 aromatic carbocycles. The van der Waals surface area contributed by atoms with Crippen molar-refractivity contribution < 1.29 is 18.3 Å². The maximum Gasteiger partial charge on any atom is 0.200 e. The van der Waals surface area contributed by atoms with Crippen molar-refractivity contribution in [3.05, 3.63) is 65.2 Å². The molecule has 0 aliphatic heterocycles. The van der Waals surface area contributed by atoms with Crippen LogP contribution in [0.25, 0.3) is 0 Å². The van der Waals surface area contributed by atoms with Gasteiger partial charge in [-0.1, -0.05) is 31.2 Å². The van der Waals surface area contributed by atoms with Gasteiger partial charge in [-0.15, -0.1) is 0 Å². The first-order valence-electron chi connectivity index (χ1n) is 6.30. The molecule has 0 saturated heterocycles. The van der Waals surface area contributed by atoms with Crippen molar-refractivity contribution in [3.63, 3.8) is 0 Å². The monoisotopic (exact) mass is 276 g/mol. The molecule has 0 unspecified atom stereocenters. The van der Waals surface area contributed by atoms with Crippen molar-refractivity contribution in [1.82, 2.24) is 0 Å². The van der Waals surface area contributed by atoms with Crippen LogP contribution in [0.5, 0.6) is 5.75 Å². The minimum Gasteiger partial charge on any atom is -0.482 e. The second-order valence-corrected chi connectivity index (χ2v) is 4.34. The summed E-state index contributed by atoms with van der Waals surface area (Å²) in [6, 6.07) is 9.99. The summed E-state index contributed by atoms with van der Waals surface area (Å²) in [7, 11) is 0. The van der Waals surface area contributed by atoms with Gasteiger partial charge in [-0.2, -0.15) is 0 Å². The number of carbonyl (C=O) groups excluding carboxylic acids is 1. The molecular weight excluding hydrogens is 262 g/mol. The van der Waals surface area contributed by atoms with Crippen molar-refractivity contribution in [2.24, 2.45) is 0 Å². The van der Waals surface area contributed by atoms with E-state index in [-0.39, 0.29) is 18.1 Å². The number of rotatable bonds is 5. The van der Waals surface area contributed by atoms with Gasteiger partial charge in [0.05, 0.1) is 0 Å². The molecule has 4 heteroatoms. The lowest BCUT2D eigenvalue weighted by atomic mass is 10.1. The molecule has 0 aliphatic carbocycles. The third kappa shape index (κ3) is 3.41. The highest BCUT2D eigenvalue weighted by Gasteiger charge is 2.10. The van der Waals surface area contributed by atoms with Crippen LogP contribution in [0.2, 0.25) is 0 Å². The highest BCUT2D eigenvalue weighted by molar-refractivity contribution is 5.97. The average Bonchev–Trinajstić information content (AvgIpc) is 2.48. The van der Waals surface area contributed by atoms with Crippen LogP contribution in [-0.4, -0.2) is 12.4 Å². The Morgan fingerprint density at radius 1 is 1.10 bits per heavy atom. The van der Waals surface area contributed by atoms with E-state index in [4.69, 9.17) is 4.74 Å². The minimum atomic E-state index is -0.694. The lowest BCUT2D eigenvalue weighted by Crippen LogP contribution is -2.12. The summed E-state index contributed by atoms with van der Waals surface area (Å²) in [6.07, 6.45) is 0.888. The van der Waals surface area contributed by atoms with Crippen molar-refractivity contribution in [2.45, 2.75) is 13.3 Å². The van der Waals surface area contributed by atoms with Gasteiger partial charge in [0.25, 0.3) is 0 Å². The molecule has 2 aromatic rings. The van der Waals surface area contributed by atoms with Gasteiger partial charge >= 0.3 is 0 Å². The zero-order valence-electron chi connectivity index (χ0n) is 11.0. The van der Waals surface area contributed by atoms with Gasteiger partial charge < -0.3 is 4.74 Å². The molecule has 0 spiro atoms. The molecule has 20 heavy (non-hydrogen) atoms. The van der Waals surface area contributed by atoms with E-state index in [1.54, 1.807) is 12.1 Å². The molecule has 0 fully saturated rings. The van der Waals surface area contributed by atoms with Crippen LogP contribution in [0.4, 0.5) is 8.78 Å². The quantitative estimate of drug-likeness (QED) is 0.777. The maximum atomic E-state index is 13.3. The second-order valence-electron chi connectivity index (χ2n) is 4.34. The van der Waals surface area contributed by atoms with Gasteiger partial charge in [-0.05, 0) is 24.1 Å². The Morgan fingerprint density at radius 2 is 1.80 bits per heavy atom. The first-order chi connectivity index (χ1) is 9.60. The fourth-order valence-corrected chi connectivity index (χ4v) is 1.74. The number of ether oxygens (including phenoxy) is 1. The zero-order valence-corrected chi connectivity index (χ0v) is 11.0. The average molecular weight is 276 g/mol. The maximum absolute atomic E-state index is 13.3. The van der Waals surface area contributed by atoms with Gasteiger partial charge in [0.1, 0.15) is 5.82 Å². The lowest BCUT2D eigenvalue weighted by molar-refractivity contribution is 0.0918. The van der Waals surface area contributed by atoms with Crippen LogP contribution in [0.1, 0.15) is 22.8 Å². The summed E-state index contributed by atoms with van der Waals surface area (Å²) in [5.74, 6) is -1.85. The van der Waals surface area contributed by atoms with E-state index >= 15 is 0 Å². The molecule has 104 valence electrons. The standard InChI is InChI=1S/C16H14F2O2/c1-2-11-3-5-12(6-4-11)15(19)10-20-16-9-13(17)7-8-14(16)18/h3-9H,2,10H2,1H3. The first kappa shape index (κ1) is 14.2. The number of carbonyl (C=O) groups is 1. The molecule has 0 bridgehead atoms. The molecule has 0 N–H and O–H groups in total. The summed E-state index contributed by atoms with van der Waals surface area (Å²) in [5.41, 5.74) is 1.61. The van der Waals surface area contributed by atoms with Crippen LogP contribution < -0.4 is 4.74 Å². The fourth-order valence-electron chi connectivity index (χ4n) is 1.74. The van der Waals surface area contributed by atoms with Gasteiger partial charge in [-0.3, -0.25) is 4.79 Å². The lowest BCUT2D eigenvalue weighted by Gasteiger charge is -2.07. The van der Waals surface area contributed by atoms with Gasteiger partial charge in [0, 0.05) is 11.6 Å². The second kappa shape index (κ2) is 6.28. The van der Waals surface area contributed by atoms with E-state index in [9.17, 15) is 13.6 Å². The number of ketones is 1. The Hall–Kier alpha value is -2.23. The van der Waals surface area contributed by atoms with E-state index in [0.717, 1.165) is 30.2 Å². The number of hydrogen-bond donors (Lipinski definition) is 0. The molecule has 2 nitrogen and oxygen atoms in total. The first-order valence-corrected chi connectivity index (χ1v) is 6.30. The third-order valence-corrected chi connectivity index (χ3v) is 2.94. The SMILES string of the molecule is CCc1ccc(C(=O)COc2cc(F)ccc2F)cc1. The normalized spacial score (nSPS) is 10.3. The Balaban J connectivity index is 2.02. The van der Waals surface area contributed by atoms with Crippen molar-refractivity contribution in [1.29, 1.82) is 0 Å². The molecule has 0 saturated carbocycles. The van der Waals surface area contributed by atoms with Crippen molar-refractivity contribution in [2.75, 3.05) is 6.61 Å². The summed E-state index contributed by atoms with van der Waals surface area (Å²) >= 11 is 0. The van der Waals surface area contributed by atoms with Crippen LogP contribution >= 0.6 is 0 Å². The van der Waals surface area contributed by atoms with Crippen LogP contribution in [0.3, 0.4) is 0 Å². The molecular formula is C16H14F2O2. The summed E-state index contributed by atoms with van der Waals surface area (Å²) in [6.45, 7) is 1.69. The fraction of sp³-hybridized carbons (Fsp3) is 0.188. The van der Waals surface area contributed by atoms with Gasteiger partial charge in [-0.25, -0.2) is 8.78 Å². The Bertz CT molecular complexity index is 606. The highest BCUT2D eigenvalue weighted by Crippen LogP contribution is 2.18. The van der Waals surface area contributed by atoms with E-state index in [2.05, 4.69) is 0 Å². The molecule has 2 rings (SSSR count). The van der Waals surface area contributed by atoms with Crippen molar-refractivity contribution >= 4 is 5.78 Å². The number of hydrogen-bond acceptors (Lipinski definition) is 2. The summed E-state index contributed by atoms with van der Waals surface area (Å²) in [4.78, 5) is 11.9. The largest absolute Gasteiger partial charge is 0.482 e. The van der Waals surface area contributed by atoms with Gasteiger partial charge in [0.2, 0.25) is 0 Å². The smallest absolute Gasteiger partial charge is 0.200 e. The van der Waals surface area contributed by atoms with Gasteiger partial charge in [0.15, 0.2) is 24.0 Å². The predicted octanol–water partition coefficient (Wildman–Crippen LogP) is 3.79. The van der Waals surface area contributed by atoms with Crippen LogP contribution in [0, 0.1) is 11.6 Å². The summed E-state index contributed by atoms with van der Waals surface area (Å²) < 4.78 is 31.3. The van der Waals surface area contributed by atoms with E-state index < -0.39 is 11.6 Å². The Morgan fingerprint density at radius 3 is 2.45 bits per heavy atom. The number of halogens is 2. The molecule has 0 radical (unpaired) electrons. The van der Waals surface area contributed by atoms with E-state index in [1.807, 2.05) is 19.1 Å². The number of Topliss-reactive ketones (excluding diaryl/α,β-unsaturated/α-hetero) is 1. The molecule has 0 heterocycles. The molecule has 0 atom stereocenters. The third-order valence-electron chi connectivity index (χ3n) is 2.94. The van der Waals surface area contributed by atoms with E-state index in [1.165, 1.54) is 0 Å². The van der Waals surface area contributed by atoms with Crippen molar-refractivity contribution in [3.8, 4) is 5.75 Å². The summed E-state index contributed by atoms with van der Waals surface area (Å²) in [5, 5.41) is 0. The molecule has 0 amide bonds. The number of benzene rings is 2. The Labute approximate surface area is 116 Å². The van der Waals surface area contributed by atoms with Crippen LogP contribution in [0.15, 0.2) is 42.5 Å². The zero-order chi connectivity index (χ0) is 14.5. The highest BCUT2D eigenvalue weighted by atomic mass is 19.1. The van der Waals surface area contributed by atoms with Crippen LogP contribution in [-0.2, 0) is 6.42 Å².